The molecular weight excluding hydrogens is 354 g/mol. The summed E-state index contributed by atoms with van der Waals surface area (Å²) in [6.45, 7) is 1.81. The number of H-pyrrole nitrogens is 1. The van der Waals surface area contributed by atoms with Gasteiger partial charge in [0.05, 0.1) is 16.6 Å². The van der Waals surface area contributed by atoms with Crippen LogP contribution in [-0.4, -0.2) is 23.7 Å². The number of aryl methyl sites for hydroxylation is 1. The van der Waals surface area contributed by atoms with Crippen molar-refractivity contribution < 1.29 is 13.5 Å². The normalized spacial score (nSPS) is 11.9. The number of thiophene rings is 1. The summed E-state index contributed by atoms with van der Waals surface area (Å²) in [5, 5.41) is 15.6. The lowest BCUT2D eigenvalue weighted by molar-refractivity contribution is 0.285. The van der Waals surface area contributed by atoms with Gasteiger partial charge >= 0.3 is 0 Å². The minimum absolute atomic E-state index is 0.141. The average Bonchev–Trinajstić information content (AvgIpc) is 2.93. The molecule has 0 amide bonds. The number of aromatic nitrogens is 2. The van der Waals surface area contributed by atoms with Crippen molar-refractivity contribution in [1.29, 1.82) is 0 Å². The molecule has 6 nitrogen and oxygen atoms in total. The van der Waals surface area contributed by atoms with Crippen molar-refractivity contribution >= 4 is 37.3 Å². The maximum atomic E-state index is 12.1. The summed E-state index contributed by atoms with van der Waals surface area (Å²) >= 11 is 4.39. The molecule has 0 spiro atoms. The van der Waals surface area contributed by atoms with Crippen molar-refractivity contribution in [2.75, 3.05) is 0 Å². The largest absolute Gasteiger partial charge is 0.391 e. The van der Waals surface area contributed by atoms with E-state index in [1.807, 2.05) is 6.92 Å². The second-order valence-corrected chi connectivity index (χ2v) is 8.04. The van der Waals surface area contributed by atoms with E-state index in [1.54, 1.807) is 6.20 Å². The molecule has 19 heavy (non-hydrogen) atoms. The number of sulfonamides is 1. The van der Waals surface area contributed by atoms with Crippen LogP contribution < -0.4 is 4.72 Å². The van der Waals surface area contributed by atoms with Crippen molar-refractivity contribution in [3.8, 4) is 0 Å². The first-order valence-corrected chi connectivity index (χ1v) is 8.41. The molecule has 2 rings (SSSR count). The van der Waals surface area contributed by atoms with Crippen LogP contribution in [0.1, 0.15) is 16.1 Å². The second-order valence-electron chi connectivity index (χ2n) is 3.85. The van der Waals surface area contributed by atoms with Crippen LogP contribution in [-0.2, 0) is 23.2 Å². The van der Waals surface area contributed by atoms with Crippen LogP contribution in [0.4, 0.5) is 0 Å². The van der Waals surface area contributed by atoms with Gasteiger partial charge in [-0.2, -0.15) is 5.10 Å². The lowest BCUT2D eigenvalue weighted by Gasteiger charge is -2.04. The Balaban J connectivity index is 2.18. The molecule has 0 radical (unpaired) electrons. The molecule has 3 N–H and O–H groups in total. The summed E-state index contributed by atoms with van der Waals surface area (Å²) in [5.74, 6) is 0. The van der Waals surface area contributed by atoms with Gasteiger partial charge in [-0.25, -0.2) is 13.1 Å². The predicted octanol–water partition coefficient (Wildman–Crippen LogP) is 1.51. The molecule has 0 aliphatic carbocycles. The van der Waals surface area contributed by atoms with Crippen molar-refractivity contribution in [2.24, 2.45) is 0 Å². The van der Waals surface area contributed by atoms with E-state index in [-0.39, 0.29) is 18.0 Å². The zero-order valence-electron chi connectivity index (χ0n) is 9.97. The summed E-state index contributed by atoms with van der Waals surface area (Å²) in [5.41, 5.74) is 1.61. The van der Waals surface area contributed by atoms with Crippen LogP contribution in [0.3, 0.4) is 0 Å². The topological polar surface area (TPSA) is 95.1 Å². The number of hydrogen-bond acceptors (Lipinski definition) is 5. The van der Waals surface area contributed by atoms with E-state index >= 15 is 0 Å². The van der Waals surface area contributed by atoms with Crippen LogP contribution in [0.5, 0.6) is 0 Å². The SMILES string of the molecule is Cc1[nH]ncc1CNS(=O)(=O)c1cc(CO)sc1Br. The molecule has 2 heterocycles. The highest BCUT2D eigenvalue weighted by atomic mass is 79.9. The van der Waals surface area contributed by atoms with Crippen molar-refractivity contribution in [1.82, 2.24) is 14.9 Å². The van der Waals surface area contributed by atoms with E-state index in [0.717, 1.165) is 11.3 Å². The molecule has 0 bridgehead atoms. The molecule has 0 aromatic carbocycles. The van der Waals surface area contributed by atoms with Gasteiger partial charge in [-0.05, 0) is 28.9 Å². The Morgan fingerprint density at radius 1 is 1.58 bits per heavy atom. The van der Waals surface area contributed by atoms with Gasteiger partial charge in [-0.3, -0.25) is 5.10 Å². The maximum Gasteiger partial charge on any atom is 0.242 e. The quantitative estimate of drug-likeness (QED) is 0.748. The summed E-state index contributed by atoms with van der Waals surface area (Å²) in [7, 11) is -3.61. The Hall–Kier alpha value is -0.740. The number of nitrogens with one attached hydrogen (secondary N) is 2. The smallest absolute Gasteiger partial charge is 0.242 e. The molecule has 0 fully saturated rings. The lowest BCUT2D eigenvalue weighted by Crippen LogP contribution is -2.23. The fourth-order valence-corrected chi connectivity index (χ4v) is 5.01. The number of rotatable bonds is 5. The molecule has 2 aromatic heterocycles. The molecule has 9 heteroatoms. The molecule has 2 aromatic rings. The highest BCUT2D eigenvalue weighted by Gasteiger charge is 2.20. The van der Waals surface area contributed by atoms with Gasteiger partial charge in [-0.15, -0.1) is 11.3 Å². The molecule has 0 saturated carbocycles. The van der Waals surface area contributed by atoms with Crippen LogP contribution in [0, 0.1) is 6.92 Å². The monoisotopic (exact) mass is 365 g/mol. The predicted molar refractivity (Wildman–Crippen MR) is 75.3 cm³/mol. The number of aromatic amines is 1. The Morgan fingerprint density at radius 2 is 2.32 bits per heavy atom. The van der Waals surface area contributed by atoms with Gasteiger partial charge in [0.15, 0.2) is 0 Å². The zero-order chi connectivity index (χ0) is 14.0. The van der Waals surface area contributed by atoms with Gasteiger partial charge < -0.3 is 5.11 Å². The fraction of sp³-hybridized carbons (Fsp3) is 0.300. The molecule has 0 aliphatic rings. The number of halogens is 1. The second kappa shape index (κ2) is 5.71. The van der Waals surface area contributed by atoms with E-state index < -0.39 is 10.0 Å². The molecule has 0 saturated heterocycles. The third-order valence-corrected chi connectivity index (χ3v) is 6.18. The van der Waals surface area contributed by atoms with Crippen LogP contribution in [0.25, 0.3) is 0 Å². The number of nitrogens with zero attached hydrogens (tertiary/aromatic N) is 1. The van der Waals surface area contributed by atoms with E-state index in [9.17, 15) is 8.42 Å². The molecule has 0 unspecified atom stereocenters. The Morgan fingerprint density at radius 3 is 2.84 bits per heavy atom. The first-order chi connectivity index (χ1) is 8.94. The lowest BCUT2D eigenvalue weighted by atomic mass is 10.3. The van der Waals surface area contributed by atoms with Crippen LogP contribution in [0.15, 0.2) is 20.9 Å². The van der Waals surface area contributed by atoms with E-state index in [4.69, 9.17) is 5.11 Å². The van der Waals surface area contributed by atoms with Crippen molar-refractivity contribution in [3.05, 3.63) is 32.2 Å². The fourth-order valence-electron chi connectivity index (χ4n) is 1.46. The molecule has 0 aliphatic heterocycles. The summed E-state index contributed by atoms with van der Waals surface area (Å²) < 4.78 is 27.3. The molecular formula is C10H12BrN3O3S2. The first kappa shape index (κ1) is 14.7. The zero-order valence-corrected chi connectivity index (χ0v) is 13.2. The minimum atomic E-state index is -3.61. The van der Waals surface area contributed by atoms with Gasteiger partial charge in [0.2, 0.25) is 10.0 Å². The van der Waals surface area contributed by atoms with Crippen molar-refractivity contribution in [2.45, 2.75) is 25.0 Å². The Labute approximate surface area is 123 Å². The third-order valence-electron chi connectivity index (χ3n) is 2.54. The summed E-state index contributed by atoms with van der Waals surface area (Å²) in [6.07, 6.45) is 1.58. The van der Waals surface area contributed by atoms with E-state index in [1.165, 1.54) is 17.4 Å². The minimum Gasteiger partial charge on any atom is -0.391 e. The van der Waals surface area contributed by atoms with E-state index in [0.29, 0.717) is 8.66 Å². The molecule has 0 atom stereocenters. The highest BCUT2D eigenvalue weighted by molar-refractivity contribution is 9.11. The van der Waals surface area contributed by atoms with E-state index in [2.05, 4.69) is 30.8 Å². The van der Waals surface area contributed by atoms with Gasteiger partial charge in [0.25, 0.3) is 0 Å². The highest BCUT2D eigenvalue weighted by Crippen LogP contribution is 2.31. The van der Waals surface area contributed by atoms with Gasteiger partial charge in [0, 0.05) is 22.7 Å². The average molecular weight is 366 g/mol. The number of aliphatic hydroxyl groups is 1. The van der Waals surface area contributed by atoms with Gasteiger partial charge in [0.1, 0.15) is 4.90 Å². The Kier molecular flexibility index (Phi) is 4.41. The maximum absolute atomic E-state index is 12.1. The first-order valence-electron chi connectivity index (χ1n) is 5.31. The molecule has 104 valence electrons. The van der Waals surface area contributed by atoms with Crippen LogP contribution in [0.2, 0.25) is 0 Å². The number of hydrogen-bond donors (Lipinski definition) is 3. The third kappa shape index (κ3) is 3.23. The van der Waals surface area contributed by atoms with Crippen molar-refractivity contribution in [3.63, 3.8) is 0 Å². The van der Waals surface area contributed by atoms with Crippen LogP contribution >= 0.6 is 27.3 Å². The summed E-state index contributed by atoms with van der Waals surface area (Å²) in [6, 6.07) is 1.46. The standard InChI is InChI=1S/C10H12BrN3O3S2/c1-6-7(3-12-14-6)4-13-19(16,17)9-2-8(5-15)18-10(9)11/h2-3,13,15H,4-5H2,1H3,(H,12,14). The van der Waals surface area contributed by atoms with Gasteiger partial charge in [-0.1, -0.05) is 0 Å². The summed E-state index contributed by atoms with van der Waals surface area (Å²) in [4.78, 5) is 0.731. The Bertz CT molecular complexity index is 678. The number of aliphatic hydroxyl groups excluding tert-OH is 1.